The smallest absolute Gasteiger partial charge is 0.222 e. The van der Waals surface area contributed by atoms with Gasteiger partial charge < -0.3 is 9.73 Å². The maximum absolute atomic E-state index is 11.9. The molecular weight excluding hydrogens is 278 g/mol. The fourth-order valence-electron chi connectivity index (χ4n) is 2.49. The lowest BCUT2D eigenvalue weighted by atomic mass is 10.1. The van der Waals surface area contributed by atoms with E-state index in [2.05, 4.69) is 23.4 Å². The Morgan fingerprint density at radius 2 is 2.14 bits per heavy atom. The van der Waals surface area contributed by atoms with Crippen LogP contribution in [0.2, 0.25) is 0 Å². The molecular formula is C17H19N3O2. The Balaban J connectivity index is 1.57. The second kappa shape index (κ2) is 6.05. The Kier molecular flexibility index (Phi) is 3.96. The predicted molar refractivity (Wildman–Crippen MR) is 84.4 cm³/mol. The summed E-state index contributed by atoms with van der Waals surface area (Å²) in [5, 5.41) is 8.36. The van der Waals surface area contributed by atoms with E-state index in [0.29, 0.717) is 19.5 Å². The van der Waals surface area contributed by atoms with Crippen molar-refractivity contribution in [2.45, 2.75) is 33.4 Å². The molecule has 0 saturated carbocycles. The first-order valence-corrected chi connectivity index (χ1v) is 7.36. The molecule has 0 spiro atoms. The van der Waals surface area contributed by atoms with E-state index in [-0.39, 0.29) is 5.91 Å². The van der Waals surface area contributed by atoms with E-state index in [1.807, 2.05) is 42.1 Å². The average molecular weight is 297 g/mol. The minimum Gasteiger partial charge on any atom is -0.465 e. The van der Waals surface area contributed by atoms with Crippen LogP contribution in [0, 0.1) is 13.8 Å². The molecule has 0 bridgehead atoms. The molecule has 5 nitrogen and oxygen atoms in total. The number of benzene rings is 1. The Bertz CT molecular complexity index is 801. The van der Waals surface area contributed by atoms with Crippen molar-refractivity contribution in [2.24, 2.45) is 0 Å². The van der Waals surface area contributed by atoms with E-state index >= 15 is 0 Å². The number of nitrogens with zero attached hydrogens (tertiary/aromatic N) is 2. The first-order chi connectivity index (χ1) is 10.6. The van der Waals surface area contributed by atoms with E-state index in [4.69, 9.17) is 4.42 Å². The summed E-state index contributed by atoms with van der Waals surface area (Å²) < 4.78 is 7.30. The van der Waals surface area contributed by atoms with Crippen molar-refractivity contribution in [1.29, 1.82) is 0 Å². The molecule has 1 N–H and O–H groups in total. The molecule has 3 aromatic rings. The zero-order chi connectivity index (χ0) is 15.5. The van der Waals surface area contributed by atoms with Crippen molar-refractivity contribution in [3.63, 3.8) is 0 Å². The molecule has 0 aliphatic heterocycles. The van der Waals surface area contributed by atoms with E-state index in [1.54, 1.807) is 0 Å². The molecule has 0 unspecified atom stereocenters. The van der Waals surface area contributed by atoms with Crippen LogP contribution in [0.3, 0.4) is 0 Å². The summed E-state index contributed by atoms with van der Waals surface area (Å²) in [7, 11) is 0. The minimum absolute atomic E-state index is 0.00893. The van der Waals surface area contributed by atoms with Gasteiger partial charge in [-0.05, 0) is 37.6 Å². The van der Waals surface area contributed by atoms with E-state index in [1.165, 1.54) is 5.56 Å². The van der Waals surface area contributed by atoms with Gasteiger partial charge in [-0.15, -0.1) is 0 Å². The van der Waals surface area contributed by atoms with Crippen molar-refractivity contribution in [3.05, 3.63) is 53.6 Å². The predicted octanol–water partition coefficient (Wildman–Crippen LogP) is 2.95. The van der Waals surface area contributed by atoms with Crippen molar-refractivity contribution >= 4 is 16.8 Å². The number of nitrogens with one attached hydrogen (secondary N) is 1. The van der Waals surface area contributed by atoms with Crippen molar-refractivity contribution < 1.29 is 9.21 Å². The lowest BCUT2D eigenvalue weighted by molar-refractivity contribution is -0.121. The molecule has 0 saturated heterocycles. The number of carbonyl (C=O) groups excluding carboxylic acids is 1. The summed E-state index contributed by atoms with van der Waals surface area (Å²) in [5.41, 5.74) is 2.26. The molecule has 0 fully saturated rings. The lowest BCUT2D eigenvalue weighted by Gasteiger charge is -2.05. The average Bonchev–Trinajstić information content (AvgIpc) is 3.10. The van der Waals surface area contributed by atoms with Gasteiger partial charge in [-0.3, -0.25) is 9.48 Å². The summed E-state index contributed by atoms with van der Waals surface area (Å²) in [6, 6.07) is 9.86. The number of hydrogen-bond acceptors (Lipinski definition) is 3. The largest absolute Gasteiger partial charge is 0.465 e. The van der Waals surface area contributed by atoms with Gasteiger partial charge in [0, 0.05) is 11.8 Å². The quantitative estimate of drug-likeness (QED) is 0.787. The van der Waals surface area contributed by atoms with Crippen LogP contribution in [-0.4, -0.2) is 15.7 Å². The molecule has 22 heavy (non-hydrogen) atoms. The standard InChI is InChI=1S/C17H19N3O2/c1-12-4-3-5-16-15(12)11-19-20(16)9-8-17(21)18-10-14-7-6-13(2)22-14/h3-7,11H,8-10H2,1-2H3,(H,18,21). The van der Waals surface area contributed by atoms with Crippen LogP contribution in [0.4, 0.5) is 0 Å². The molecule has 3 rings (SSSR count). The highest BCUT2D eigenvalue weighted by Crippen LogP contribution is 2.17. The number of furan rings is 1. The third-order valence-corrected chi connectivity index (χ3v) is 3.71. The molecule has 1 amide bonds. The highest BCUT2D eigenvalue weighted by molar-refractivity contribution is 5.82. The van der Waals surface area contributed by atoms with Gasteiger partial charge in [-0.2, -0.15) is 5.10 Å². The van der Waals surface area contributed by atoms with E-state index in [0.717, 1.165) is 22.4 Å². The van der Waals surface area contributed by atoms with E-state index < -0.39 is 0 Å². The molecule has 0 radical (unpaired) electrons. The van der Waals surface area contributed by atoms with Crippen LogP contribution in [0.25, 0.3) is 10.9 Å². The number of hydrogen-bond donors (Lipinski definition) is 1. The maximum atomic E-state index is 11.9. The summed E-state index contributed by atoms with van der Waals surface area (Å²) in [6.45, 7) is 4.93. The van der Waals surface area contributed by atoms with Gasteiger partial charge in [0.15, 0.2) is 0 Å². The first-order valence-electron chi connectivity index (χ1n) is 7.36. The van der Waals surface area contributed by atoms with E-state index in [9.17, 15) is 4.79 Å². The summed E-state index contributed by atoms with van der Waals surface area (Å²) >= 11 is 0. The molecule has 5 heteroatoms. The number of amides is 1. The van der Waals surface area contributed by atoms with Crippen molar-refractivity contribution in [3.8, 4) is 0 Å². The van der Waals surface area contributed by atoms with Crippen LogP contribution in [-0.2, 0) is 17.9 Å². The fourth-order valence-corrected chi connectivity index (χ4v) is 2.49. The maximum Gasteiger partial charge on any atom is 0.222 e. The van der Waals surface area contributed by atoms with Crippen molar-refractivity contribution in [2.75, 3.05) is 0 Å². The van der Waals surface area contributed by atoms with Gasteiger partial charge in [0.1, 0.15) is 11.5 Å². The monoisotopic (exact) mass is 297 g/mol. The topological polar surface area (TPSA) is 60.1 Å². The molecule has 2 heterocycles. The number of rotatable bonds is 5. The van der Waals surface area contributed by atoms with Gasteiger partial charge in [-0.1, -0.05) is 12.1 Å². The van der Waals surface area contributed by atoms with Gasteiger partial charge in [0.2, 0.25) is 5.91 Å². The van der Waals surface area contributed by atoms with Crippen molar-refractivity contribution in [1.82, 2.24) is 15.1 Å². The highest BCUT2D eigenvalue weighted by Gasteiger charge is 2.07. The van der Waals surface area contributed by atoms with Crippen LogP contribution < -0.4 is 5.32 Å². The van der Waals surface area contributed by atoms with Crippen LogP contribution in [0.15, 0.2) is 40.9 Å². The zero-order valence-electron chi connectivity index (χ0n) is 12.8. The van der Waals surface area contributed by atoms with Gasteiger partial charge in [0.05, 0.1) is 24.8 Å². The number of carbonyl (C=O) groups is 1. The zero-order valence-corrected chi connectivity index (χ0v) is 12.8. The summed E-state index contributed by atoms with van der Waals surface area (Å²) in [5.74, 6) is 1.61. The molecule has 0 aliphatic rings. The van der Waals surface area contributed by atoms with Gasteiger partial charge in [-0.25, -0.2) is 0 Å². The Labute approximate surface area is 128 Å². The third kappa shape index (κ3) is 3.03. The Hall–Kier alpha value is -2.56. The van der Waals surface area contributed by atoms with Crippen LogP contribution in [0.5, 0.6) is 0 Å². The fraction of sp³-hybridized carbons (Fsp3) is 0.294. The minimum atomic E-state index is -0.00893. The number of aryl methyl sites for hydroxylation is 3. The molecule has 0 atom stereocenters. The highest BCUT2D eigenvalue weighted by atomic mass is 16.3. The lowest BCUT2D eigenvalue weighted by Crippen LogP contribution is -2.23. The van der Waals surface area contributed by atoms with Gasteiger partial charge >= 0.3 is 0 Å². The molecule has 0 aliphatic carbocycles. The SMILES string of the molecule is Cc1ccc(CNC(=O)CCn2ncc3c(C)cccc32)o1. The van der Waals surface area contributed by atoms with Gasteiger partial charge in [0.25, 0.3) is 0 Å². The normalized spacial score (nSPS) is 11.0. The molecule has 2 aromatic heterocycles. The molecule has 1 aromatic carbocycles. The Morgan fingerprint density at radius 1 is 1.27 bits per heavy atom. The van der Waals surface area contributed by atoms with Crippen LogP contribution >= 0.6 is 0 Å². The third-order valence-electron chi connectivity index (χ3n) is 3.71. The summed E-state index contributed by atoms with van der Waals surface area (Å²) in [4.78, 5) is 11.9. The first kappa shape index (κ1) is 14.4. The second-order valence-corrected chi connectivity index (χ2v) is 5.41. The molecule has 114 valence electrons. The number of aromatic nitrogens is 2. The second-order valence-electron chi connectivity index (χ2n) is 5.41. The number of fused-ring (bicyclic) bond motifs is 1. The Morgan fingerprint density at radius 3 is 2.91 bits per heavy atom. The summed E-state index contributed by atoms with van der Waals surface area (Å²) in [6.07, 6.45) is 2.25. The van der Waals surface area contributed by atoms with Crippen LogP contribution in [0.1, 0.15) is 23.5 Å².